The summed E-state index contributed by atoms with van der Waals surface area (Å²) in [6, 6.07) is 15.7. The Balaban J connectivity index is 1.60. The Morgan fingerprint density at radius 3 is 2.19 bits per heavy atom. The SMILES string of the molecule is COc1ccc(CCN2C(=O)C(c3ccc(C)cc3)=C(N3CCC(C)CC3)C2=O)cc1. The third-order valence-corrected chi connectivity index (χ3v) is 6.37. The number of carbonyl (C=O) groups excluding carboxylic acids is 2. The normalized spacial score (nSPS) is 17.6. The molecule has 0 unspecified atom stereocenters. The summed E-state index contributed by atoms with van der Waals surface area (Å²) in [6.07, 6.45) is 2.70. The van der Waals surface area contributed by atoms with Gasteiger partial charge in [0.1, 0.15) is 11.4 Å². The van der Waals surface area contributed by atoms with Crippen molar-refractivity contribution >= 4 is 17.4 Å². The number of piperidine rings is 1. The van der Waals surface area contributed by atoms with Gasteiger partial charge >= 0.3 is 0 Å². The largest absolute Gasteiger partial charge is 0.497 e. The molecule has 5 heteroatoms. The van der Waals surface area contributed by atoms with Crippen LogP contribution >= 0.6 is 0 Å². The maximum atomic E-state index is 13.5. The van der Waals surface area contributed by atoms with Gasteiger partial charge in [-0.25, -0.2) is 0 Å². The summed E-state index contributed by atoms with van der Waals surface area (Å²) in [5, 5.41) is 0. The number of hydrogen-bond acceptors (Lipinski definition) is 4. The summed E-state index contributed by atoms with van der Waals surface area (Å²) >= 11 is 0. The van der Waals surface area contributed by atoms with Gasteiger partial charge in [0.05, 0.1) is 12.7 Å². The van der Waals surface area contributed by atoms with Crippen LogP contribution in [0.5, 0.6) is 5.75 Å². The highest BCUT2D eigenvalue weighted by molar-refractivity contribution is 6.35. The van der Waals surface area contributed by atoms with E-state index in [4.69, 9.17) is 4.74 Å². The van der Waals surface area contributed by atoms with Crippen molar-refractivity contribution in [1.29, 1.82) is 0 Å². The number of aryl methyl sites for hydroxylation is 1. The number of imide groups is 1. The lowest BCUT2D eigenvalue weighted by Gasteiger charge is -2.32. The van der Waals surface area contributed by atoms with Crippen LogP contribution in [0.2, 0.25) is 0 Å². The van der Waals surface area contributed by atoms with E-state index in [2.05, 4.69) is 11.8 Å². The van der Waals surface area contributed by atoms with Gasteiger partial charge in [-0.15, -0.1) is 0 Å². The average Bonchev–Trinajstić information content (AvgIpc) is 3.03. The molecule has 2 aromatic carbocycles. The van der Waals surface area contributed by atoms with Crippen LogP contribution in [-0.2, 0) is 16.0 Å². The highest BCUT2D eigenvalue weighted by atomic mass is 16.5. The molecule has 2 aliphatic heterocycles. The summed E-state index contributed by atoms with van der Waals surface area (Å²) in [4.78, 5) is 30.4. The van der Waals surface area contributed by atoms with Crippen LogP contribution in [0.1, 0.15) is 36.5 Å². The van der Waals surface area contributed by atoms with E-state index in [9.17, 15) is 9.59 Å². The smallest absolute Gasteiger partial charge is 0.277 e. The van der Waals surface area contributed by atoms with Gasteiger partial charge in [-0.3, -0.25) is 14.5 Å². The molecule has 0 radical (unpaired) electrons. The van der Waals surface area contributed by atoms with Crippen molar-refractivity contribution in [3.63, 3.8) is 0 Å². The lowest BCUT2D eigenvalue weighted by molar-refractivity contribution is -0.137. The summed E-state index contributed by atoms with van der Waals surface area (Å²) in [6.45, 7) is 6.27. The maximum absolute atomic E-state index is 13.5. The molecular formula is C26H30N2O3. The van der Waals surface area contributed by atoms with Crippen LogP contribution in [-0.4, -0.2) is 48.4 Å². The zero-order chi connectivity index (χ0) is 22.0. The van der Waals surface area contributed by atoms with Gasteiger partial charge in [0.25, 0.3) is 11.8 Å². The predicted octanol–water partition coefficient (Wildman–Crippen LogP) is 4.06. The summed E-state index contributed by atoms with van der Waals surface area (Å²) in [5.41, 5.74) is 4.15. The van der Waals surface area contributed by atoms with E-state index >= 15 is 0 Å². The first-order chi connectivity index (χ1) is 15.0. The third-order valence-electron chi connectivity index (χ3n) is 6.37. The molecule has 0 aromatic heterocycles. The molecule has 2 heterocycles. The Bertz CT molecular complexity index is 984. The Morgan fingerprint density at radius 2 is 1.58 bits per heavy atom. The first-order valence-corrected chi connectivity index (χ1v) is 11.0. The maximum Gasteiger partial charge on any atom is 0.277 e. The molecule has 0 bridgehead atoms. The quantitative estimate of drug-likeness (QED) is 0.664. The van der Waals surface area contributed by atoms with E-state index in [1.54, 1.807) is 7.11 Å². The van der Waals surface area contributed by atoms with Crippen LogP contribution in [0.15, 0.2) is 54.2 Å². The van der Waals surface area contributed by atoms with Crippen molar-refractivity contribution < 1.29 is 14.3 Å². The molecule has 2 aliphatic rings. The standard InChI is InChI=1S/C26H30N2O3/c1-18-4-8-21(9-5-18)23-24(27-15-12-19(2)13-16-27)26(30)28(25(23)29)17-14-20-6-10-22(31-3)11-7-20/h4-11,19H,12-17H2,1-3H3. The van der Waals surface area contributed by atoms with Crippen molar-refractivity contribution in [1.82, 2.24) is 9.80 Å². The molecule has 1 fully saturated rings. The van der Waals surface area contributed by atoms with Gasteiger partial charge in [0.2, 0.25) is 0 Å². The Kier molecular flexibility index (Phi) is 6.12. The molecular weight excluding hydrogens is 388 g/mol. The second-order valence-electron chi connectivity index (χ2n) is 8.62. The number of amides is 2. The number of carbonyl (C=O) groups is 2. The first kappa shape index (κ1) is 21.2. The van der Waals surface area contributed by atoms with Crippen LogP contribution in [0.4, 0.5) is 0 Å². The zero-order valence-corrected chi connectivity index (χ0v) is 18.6. The first-order valence-electron chi connectivity index (χ1n) is 11.0. The summed E-state index contributed by atoms with van der Waals surface area (Å²) in [7, 11) is 1.64. The predicted molar refractivity (Wildman–Crippen MR) is 121 cm³/mol. The van der Waals surface area contributed by atoms with Crippen molar-refractivity contribution in [3.8, 4) is 5.75 Å². The van der Waals surface area contributed by atoms with E-state index in [0.29, 0.717) is 30.2 Å². The van der Waals surface area contributed by atoms with Gasteiger partial charge in [0, 0.05) is 19.6 Å². The molecule has 31 heavy (non-hydrogen) atoms. The summed E-state index contributed by atoms with van der Waals surface area (Å²) < 4.78 is 5.21. The van der Waals surface area contributed by atoms with Crippen molar-refractivity contribution in [3.05, 3.63) is 70.9 Å². The molecule has 0 N–H and O–H groups in total. The fraction of sp³-hybridized carbons (Fsp3) is 0.385. The molecule has 0 aliphatic carbocycles. The fourth-order valence-corrected chi connectivity index (χ4v) is 4.31. The van der Waals surface area contributed by atoms with Gasteiger partial charge in [-0.2, -0.15) is 0 Å². The highest BCUT2D eigenvalue weighted by Gasteiger charge is 2.41. The molecule has 1 saturated heterocycles. The molecule has 2 aromatic rings. The number of likely N-dealkylation sites (tertiary alicyclic amines) is 1. The molecule has 5 nitrogen and oxygen atoms in total. The number of nitrogens with zero attached hydrogens (tertiary/aromatic N) is 2. The molecule has 0 saturated carbocycles. The van der Waals surface area contributed by atoms with Gasteiger partial charge < -0.3 is 9.64 Å². The highest BCUT2D eigenvalue weighted by Crippen LogP contribution is 2.34. The van der Waals surface area contributed by atoms with Crippen molar-refractivity contribution in [2.45, 2.75) is 33.1 Å². The van der Waals surface area contributed by atoms with Crippen LogP contribution in [0.25, 0.3) is 5.57 Å². The zero-order valence-electron chi connectivity index (χ0n) is 18.6. The number of ether oxygens (including phenoxy) is 1. The van der Waals surface area contributed by atoms with E-state index in [-0.39, 0.29) is 11.8 Å². The summed E-state index contributed by atoms with van der Waals surface area (Å²) in [5.74, 6) is 1.10. The fourth-order valence-electron chi connectivity index (χ4n) is 4.31. The van der Waals surface area contributed by atoms with E-state index in [1.165, 1.54) is 4.90 Å². The average molecular weight is 419 g/mol. The Morgan fingerprint density at radius 1 is 0.935 bits per heavy atom. The molecule has 162 valence electrons. The molecule has 2 amide bonds. The number of benzene rings is 2. The van der Waals surface area contributed by atoms with E-state index in [0.717, 1.165) is 48.4 Å². The van der Waals surface area contributed by atoms with Gasteiger partial charge in [-0.1, -0.05) is 48.9 Å². The number of hydrogen-bond donors (Lipinski definition) is 0. The number of rotatable bonds is 6. The second-order valence-corrected chi connectivity index (χ2v) is 8.62. The lowest BCUT2D eigenvalue weighted by Crippen LogP contribution is -2.39. The minimum absolute atomic E-state index is 0.163. The Labute approximate surface area is 184 Å². The molecule has 4 rings (SSSR count). The lowest BCUT2D eigenvalue weighted by atomic mass is 9.97. The van der Waals surface area contributed by atoms with Gasteiger partial charge in [0.15, 0.2) is 0 Å². The van der Waals surface area contributed by atoms with E-state index in [1.807, 2.05) is 55.5 Å². The molecule has 0 spiro atoms. The monoisotopic (exact) mass is 418 g/mol. The minimum atomic E-state index is -0.184. The number of methoxy groups -OCH3 is 1. The van der Waals surface area contributed by atoms with Crippen molar-refractivity contribution in [2.24, 2.45) is 5.92 Å². The van der Waals surface area contributed by atoms with Crippen LogP contribution in [0, 0.1) is 12.8 Å². The van der Waals surface area contributed by atoms with E-state index < -0.39 is 0 Å². The minimum Gasteiger partial charge on any atom is -0.497 e. The topological polar surface area (TPSA) is 49.9 Å². The molecule has 0 atom stereocenters. The second kappa shape index (κ2) is 8.96. The Hall–Kier alpha value is -3.08. The third kappa shape index (κ3) is 4.36. The van der Waals surface area contributed by atoms with Crippen LogP contribution < -0.4 is 4.74 Å². The van der Waals surface area contributed by atoms with Gasteiger partial charge in [-0.05, 0) is 55.4 Å². The van der Waals surface area contributed by atoms with Crippen LogP contribution in [0.3, 0.4) is 0 Å². The van der Waals surface area contributed by atoms with Crippen molar-refractivity contribution in [2.75, 3.05) is 26.7 Å².